The number of carbonyl (C=O) groups excluding carboxylic acids is 1. The van der Waals surface area contributed by atoms with Crippen LogP contribution in [0.3, 0.4) is 0 Å². The fourth-order valence-corrected chi connectivity index (χ4v) is 3.74. The predicted molar refractivity (Wildman–Crippen MR) is 104 cm³/mol. The van der Waals surface area contributed by atoms with Crippen molar-refractivity contribution in [3.8, 4) is 27.7 Å². The van der Waals surface area contributed by atoms with Gasteiger partial charge in [0.15, 0.2) is 5.82 Å². The van der Waals surface area contributed by atoms with Crippen LogP contribution in [-0.4, -0.2) is 37.7 Å². The van der Waals surface area contributed by atoms with Crippen molar-refractivity contribution < 1.29 is 9.53 Å². The number of ether oxygens (including phenoxy) is 1. The van der Waals surface area contributed by atoms with Crippen molar-refractivity contribution in [2.45, 2.75) is 6.42 Å². The summed E-state index contributed by atoms with van der Waals surface area (Å²) in [5, 5.41) is 12.0. The SMILES string of the molecule is O=C(Nc1n[nH]c(-c2cccnc2)n1)c1csc(-c2ccc3c(c2)CCO3)n1. The second kappa shape index (κ2) is 6.86. The highest BCUT2D eigenvalue weighted by atomic mass is 32.1. The summed E-state index contributed by atoms with van der Waals surface area (Å²) >= 11 is 1.42. The first-order chi connectivity index (χ1) is 13.8. The Morgan fingerprint density at radius 3 is 3.07 bits per heavy atom. The van der Waals surface area contributed by atoms with Crippen LogP contribution in [0.5, 0.6) is 5.75 Å². The first kappa shape index (κ1) is 16.6. The van der Waals surface area contributed by atoms with Crippen LogP contribution in [-0.2, 0) is 6.42 Å². The molecule has 4 aromatic rings. The van der Waals surface area contributed by atoms with Crippen molar-refractivity contribution in [3.63, 3.8) is 0 Å². The molecule has 0 unspecified atom stereocenters. The smallest absolute Gasteiger partial charge is 0.277 e. The van der Waals surface area contributed by atoms with E-state index in [0.29, 0.717) is 18.1 Å². The first-order valence-corrected chi connectivity index (χ1v) is 9.50. The van der Waals surface area contributed by atoms with Crippen LogP contribution in [0.2, 0.25) is 0 Å². The van der Waals surface area contributed by atoms with Crippen LogP contribution >= 0.6 is 11.3 Å². The van der Waals surface area contributed by atoms with E-state index in [1.54, 1.807) is 23.8 Å². The molecule has 9 heteroatoms. The number of anilines is 1. The number of H-pyrrole nitrogens is 1. The van der Waals surface area contributed by atoms with Crippen LogP contribution in [0.15, 0.2) is 48.1 Å². The molecule has 1 aromatic carbocycles. The fourth-order valence-electron chi connectivity index (χ4n) is 2.95. The molecule has 8 nitrogen and oxygen atoms in total. The zero-order valence-corrected chi connectivity index (χ0v) is 15.4. The molecule has 0 spiro atoms. The molecule has 0 saturated carbocycles. The number of carbonyl (C=O) groups is 1. The van der Waals surface area contributed by atoms with Gasteiger partial charge in [-0.15, -0.1) is 16.4 Å². The van der Waals surface area contributed by atoms with Crippen LogP contribution in [0.4, 0.5) is 5.95 Å². The average molecular weight is 390 g/mol. The Bertz CT molecular complexity index is 1150. The zero-order chi connectivity index (χ0) is 18.9. The Kier molecular flexibility index (Phi) is 4.06. The largest absolute Gasteiger partial charge is 0.493 e. The normalized spacial score (nSPS) is 12.4. The van der Waals surface area contributed by atoms with Gasteiger partial charge in [-0.1, -0.05) is 0 Å². The summed E-state index contributed by atoms with van der Waals surface area (Å²) < 4.78 is 5.53. The lowest BCUT2D eigenvalue weighted by Gasteiger charge is -2.01. The molecule has 0 aliphatic carbocycles. The fraction of sp³-hybridized carbons (Fsp3) is 0.105. The lowest BCUT2D eigenvalue weighted by molar-refractivity contribution is 0.102. The van der Waals surface area contributed by atoms with Gasteiger partial charge in [0.1, 0.15) is 16.5 Å². The van der Waals surface area contributed by atoms with E-state index in [9.17, 15) is 4.79 Å². The molecular weight excluding hydrogens is 376 g/mol. The summed E-state index contributed by atoms with van der Waals surface area (Å²) in [7, 11) is 0. The molecule has 1 aliphatic rings. The molecule has 1 amide bonds. The Hall–Kier alpha value is -3.59. The minimum absolute atomic E-state index is 0.188. The van der Waals surface area contributed by atoms with Gasteiger partial charge in [0.25, 0.3) is 5.91 Å². The summed E-state index contributed by atoms with van der Waals surface area (Å²) in [6, 6.07) is 9.64. The van der Waals surface area contributed by atoms with E-state index in [1.807, 2.05) is 18.2 Å². The first-order valence-electron chi connectivity index (χ1n) is 8.62. The Morgan fingerprint density at radius 1 is 1.21 bits per heavy atom. The van der Waals surface area contributed by atoms with Gasteiger partial charge >= 0.3 is 0 Å². The highest BCUT2D eigenvalue weighted by molar-refractivity contribution is 7.13. The number of aromatic amines is 1. The quantitative estimate of drug-likeness (QED) is 0.554. The molecule has 1 aliphatic heterocycles. The highest BCUT2D eigenvalue weighted by Crippen LogP contribution is 2.32. The number of rotatable bonds is 4. The predicted octanol–water partition coefficient (Wildman–Crippen LogP) is 3.18. The number of nitrogens with one attached hydrogen (secondary N) is 2. The average Bonchev–Trinajstić information content (AvgIpc) is 3.48. The molecule has 0 bridgehead atoms. The maximum Gasteiger partial charge on any atom is 0.277 e. The number of amides is 1. The van der Waals surface area contributed by atoms with Gasteiger partial charge in [-0.25, -0.2) is 4.98 Å². The van der Waals surface area contributed by atoms with Crippen LogP contribution in [0.1, 0.15) is 16.1 Å². The van der Waals surface area contributed by atoms with Gasteiger partial charge < -0.3 is 4.74 Å². The number of fused-ring (bicyclic) bond motifs is 1. The Balaban J connectivity index is 1.32. The molecule has 0 atom stereocenters. The van der Waals surface area contributed by atoms with Crippen LogP contribution in [0.25, 0.3) is 22.0 Å². The topological polar surface area (TPSA) is 106 Å². The molecule has 0 saturated heterocycles. The minimum Gasteiger partial charge on any atom is -0.493 e. The van der Waals surface area contributed by atoms with E-state index in [2.05, 4.69) is 36.5 Å². The van der Waals surface area contributed by atoms with Crippen molar-refractivity contribution in [2.75, 3.05) is 11.9 Å². The van der Waals surface area contributed by atoms with Gasteiger partial charge in [0, 0.05) is 35.3 Å². The molecule has 138 valence electrons. The van der Waals surface area contributed by atoms with Crippen molar-refractivity contribution in [1.29, 1.82) is 0 Å². The zero-order valence-electron chi connectivity index (χ0n) is 14.5. The van der Waals surface area contributed by atoms with Gasteiger partial charge in [0.2, 0.25) is 5.95 Å². The molecule has 28 heavy (non-hydrogen) atoms. The minimum atomic E-state index is -0.358. The third-order valence-electron chi connectivity index (χ3n) is 4.32. The van der Waals surface area contributed by atoms with E-state index >= 15 is 0 Å². The summed E-state index contributed by atoms with van der Waals surface area (Å²) in [4.78, 5) is 25.3. The van der Waals surface area contributed by atoms with Gasteiger partial charge in [-0.2, -0.15) is 4.98 Å². The van der Waals surface area contributed by atoms with E-state index in [1.165, 1.54) is 16.9 Å². The number of benzene rings is 1. The molecule has 0 radical (unpaired) electrons. The highest BCUT2D eigenvalue weighted by Gasteiger charge is 2.17. The molecule has 2 N–H and O–H groups in total. The number of thiazole rings is 1. The maximum absolute atomic E-state index is 12.5. The molecule has 4 heterocycles. The van der Waals surface area contributed by atoms with E-state index in [4.69, 9.17) is 4.74 Å². The Morgan fingerprint density at radius 2 is 2.18 bits per heavy atom. The molecule has 0 fully saturated rings. The third kappa shape index (κ3) is 3.12. The summed E-state index contributed by atoms with van der Waals surface area (Å²) in [6.45, 7) is 0.710. The number of nitrogens with zero attached hydrogens (tertiary/aromatic N) is 4. The maximum atomic E-state index is 12.5. The van der Waals surface area contributed by atoms with Crippen molar-refractivity contribution >= 4 is 23.2 Å². The monoisotopic (exact) mass is 390 g/mol. The van der Waals surface area contributed by atoms with E-state index in [0.717, 1.165) is 28.3 Å². The number of aromatic nitrogens is 5. The standard InChI is InChI=1S/C19H14N6O2S/c26-17(23-19-22-16(24-25-19)13-2-1-6-20-9-13)14-10-28-18(21-14)12-3-4-15-11(8-12)5-7-27-15/h1-4,6,8-10H,5,7H2,(H2,22,23,24,25,26). The van der Waals surface area contributed by atoms with Crippen molar-refractivity contribution in [3.05, 3.63) is 59.4 Å². The molecule has 3 aromatic heterocycles. The lowest BCUT2D eigenvalue weighted by Crippen LogP contribution is -2.13. The van der Waals surface area contributed by atoms with Gasteiger partial charge in [-0.05, 0) is 35.9 Å². The second-order valence-electron chi connectivity index (χ2n) is 6.16. The summed E-state index contributed by atoms with van der Waals surface area (Å²) in [5.74, 6) is 1.28. The third-order valence-corrected chi connectivity index (χ3v) is 5.21. The lowest BCUT2D eigenvalue weighted by atomic mass is 10.1. The van der Waals surface area contributed by atoms with E-state index in [-0.39, 0.29) is 11.9 Å². The molecule has 5 rings (SSSR count). The van der Waals surface area contributed by atoms with E-state index < -0.39 is 0 Å². The number of pyridine rings is 1. The van der Waals surface area contributed by atoms with Gasteiger partial charge in [-0.3, -0.25) is 20.2 Å². The second-order valence-corrected chi connectivity index (χ2v) is 7.02. The Labute approximate surface area is 163 Å². The van der Waals surface area contributed by atoms with Gasteiger partial charge in [0.05, 0.1) is 6.61 Å². The number of hydrogen-bond donors (Lipinski definition) is 2. The number of hydrogen-bond acceptors (Lipinski definition) is 7. The molecular formula is C19H14N6O2S. The summed E-state index contributed by atoms with van der Waals surface area (Å²) in [6.07, 6.45) is 4.24. The van der Waals surface area contributed by atoms with Crippen molar-refractivity contribution in [1.82, 2.24) is 25.1 Å². The van der Waals surface area contributed by atoms with Crippen molar-refractivity contribution in [2.24, 2.45) is 0 Å². The van der Waals surface area contributed by atoms with Crippen LogP contribution < -0.4 is 10.1 Å². The van der Waals surface area contributed by atoms with Crippen LogP contribution in [0, 0.1) is 0 Å². The summed E-state index contributed by atoms with van der Waals surface area (Å²) in [5.41, 5.74) is 3.25.